The molecule has 1 aliphatic heterocycles. The number of rotatable bonds is 7. The van der Waals surface area contributed by atoms with Crippen LogP contribution in [0.1, 0.15) is 34.3 Å². The van der Waals surface area contributed by atoms with Crippen LogP contribution in [-0.2, 0) is 11.3 Å². The topological polar surface area (TPSA) is 100 Å². The zero-order valence-electron chi connectivity index (χ0n) is 16.3. The summed E-state index contributed by atoms with van der Waals surface area (Å²) >= 11 is 0. The van der Waals surface area contributed by atoms with Gasteiger partial charge in [0.2, 0.25) is 0 Å². The lowest BCUT2D eigenvalue weighted by Crippen LogP contribution is -2.33. The molecule has 0 unspecified atom stereocenters. The summed E-state index contributed by atoms with van der Waals surface area (Å²) in [5, 5.41) is 14.6. The summed E-state index contributed by atoms with van der Waals surface area (Å²) in [6.07, 6.45) is 2.37. The van der Waals surface area contributed by atoms with Crippen molar-refractivity contribution in [3.8, 4) is 11.1 Å². The number of carbonyl (C=O) groups excluding carboxylic acids is 1. The van der Waals surface area contributed by atoms with Crippen LogP contribution in [0, 0.1) is 11.3 Å². The molecule has 0 saturated carbocycles. The fourth-order valence-corrected chi connectivity index (χ4v) is 3.62. The van der Waals surface area contributed by atoms with Crippen molar-refractivity contribution in [2.75, 3.05) is 26.7 Å². The van der Waals surface area contributed by atoms with Crippen molar-refractivity contribution in [3.05, 3.63) is 59.2 Å². The molecule has 1 aliphatic rings. The van der Waals surface area contributed by atoms with Crippen LogP contribution < -0.4 is 16.4 Å². The summed E-state index contributed by atoms with van der Waals surface area (Å²) in [7, 11) is 1.39. The highest BCUT2D eigenvalue weighted by Crippen LogP contribution is 2.26. The quantitative estimate of drug-likeness (QED) is 0.336. The van der Waals surface area contributed by atoms with E-state index in [2.05, 4.69) is 10.6 Å². The number of hydrogen-bond acceptors (Lipinski definition) is 5. The Labute approximate surface area is 166 Å². The minimum atomic E-state index is -0.344. The lowest BCUT2D eigenvalue weighted by atomic mass is 9.95. The maximum Gasteiger partial charge on any atom is 0.337 e. The fourth-order valence-electron chi connectivity index (χ4n) is 3.62. The number of benzene rings is 2. The standard InChI is InChI=1S/C22H28N4O2/c1-28-22(27)18-5-6-20(16-3-2-4-17(11-16)21(23)24)19(12-18)14-26-13-15-7-9-25-10-8-15/h2-6,11-12,15,25-26H,7-10,13-14H2,1H3,(H3,23,24). The molecule has 28 heavy (non-hydrogen) atoms. The van der Waals surface area contributed by atoms with Gasteiger partial charge in [0.05, 0.1) is 12.7 Å². The van der Waals surface area contributed by atoms with Gasteiger partial charge in [-0.1, -0.05) is 24.3 Å². The number of nitrogens with two attached hydrogens (primary N) is 1. The average molecular weight is 380 g/mol. The third-order valence-electron chi connectivity index (χ3n) is 5.22. The van der Waals surface area contributed by atoms with Crippen molar-refractivity contribution in [1.82, 2.24) is 10.6 Å². The van der Waals surface area contributed by atoms with E-state index < -0.39 is 0 Å². The van der Waals surface area contributed by atoms with Crippen molar-refractivity contribution in [2.24, 2.45) is 11.7 Å². The minimum Gasteiger partial charge on any atom is -0.465 e. The van der Waals surface area contributed by atoms with Gasteiger partial charge >= 0.3 is 5.97 Å². The normalized spacial score (nSPS) is 14.6. The third-order valence-corrected chi connectivity index (χ3v) is 5.22. The Morgan fingerprint density at radius 1 is 1.21 bits per heavy atom. The van der Waals surface area contributed by atoms with E-state index in [1.165, 1.54) is 20.0 Å². The first kappa shape index (κ1) is 20.0. The number of hydrogen-bond donors (Lipinski definition) is 4. The van der Waals surface area contributed by atoms with Crippen LogP contribution in [0.4, 0.5) is 0 Å². The summed E-state index contributed by atoms with van der Waals surface area (Å²) in [6, 6.07) is 13.2. The molecule has 0 spiro atoms. The van der Waals surface area contributed by atoms with E-state index in [0.717, 1.165) is 36.3 Å². The highest BCUT2D eigenvalue weighted by molar-refractivity contribution is 5.96. The Bertz CT molecular complexity index is 844. The molecule has 2 aromatic carbocycles. The van der Waals surface area contributed by atoms with Gasteiger partial charge in [-0.3, -0.25) is 5.41 Å². The molecule has 3 rings (SSSR count). The number of ether oxygens (including phenoxy) is 1. The van der Waals surface area contributed by atoms with Gasteiger partial charge in [-0.05, 0) is 73.3 Å². The Balaban J connectivity index is 1.84. The van der Waals surface area contributed by atoms with E-state index in [-0.39, 0.29) is 11.8 Å². The van der Waals surface area contributed by atoms with Crippen LogP contribution in [0.2, 0.25) is 0 Å². The van der Waals surface area contributed by atoms with E-state index in [4.69, 9.17) is 15.9 Å². The molecular formula is C22H28N4O2. The molecule has 1 heterocycles. The minimum absolute atomic E-state index is 0.0404. The lowest BCUT2D eigenvalue weighted by molar-refractivity contribution is 0.0600. The van der Waals surface area contributed by atoms with Crippen molar-refractivity contribution in [2.45, 2.75) is 19.4 Å². The largest absolute Gasteiger partial charge is 0.465 e. The van der Waals surface area contributed by atoms with Crippen LogP contribution in [-0.4, -0.2) is 38.5 Å². The van der Waals surface area contributed by atoms with Gasteiger partial charge in [0.25, 0.3) is 0 Å². The van der Waals surface area contributed by atoms with Crippen molar-refractivity contribution < 1.29 is 9.53 Å². The van der Waals surface area contributed by atoms with Gasteiger partial charge in [0, 0.05) is 12.1 Å². The maximum atomic E-state index is 12.0. The number of nitrogen functional groups attached to an aromatic ring is 1. The Morgan fingerprint density at radius 2 is 2.00 bits per heavy atom. The molecule has 0 aliphatic carbocycles. The van der Waals surface area contributed by atoms with Crippen LogP contribution in [0.25, 0.3) is 11.1 Å². The molecule has 1 fully saturated rings. The van der Waals surface area contributed by atoms with Gasteiger partial charge in [-0.2, -0.15) is 0 Å². The van der Waals surface area contributed by atoms with Crippen molar-refractivity contribution >= 4 is 11.8 Å². The highest BCUT2D eigenvalue weighted by Gasteiger charge is 2.15. The molecule has 6 heteroatoms. The van der Waals surface area contributed by atoms with Gasteiger partial charge < -0.3 is 21.1 Å². The number of esters is 1. The van der Waals surface area contributed by atoms with Gasteiger partial charge in [-0.25, -0.2) is 4.79 Å². The van der Waals surface area contributed by atoms with Gasteiger partial charge in [0.1, 0.15) is 5.84 Å². The zero-order valence-corrected chi connectivity index (χ0v) is 16.3. The third kappa shape index (κ3) is 4.97. The number of methoxy groups -OCH3 is 1. The van der Waals surface area contributed by atoms with Crippen LogP contribution in [0.15, 0.2) is 42.5 Å². The number of nitrogens with one attached hydrogen (secondary N) is 3. The Hall–Kier alpha value is -2.70. The molecule has 0 radical (unpaired) electrons. The molecule has 6 nitrogen and oxygen atoms in total. The molecule has 1 saturated heterocycles. The van der Waals surface area contributed by atoms with E-state index >= 15 is 0 Å². The van der Waals surface area contributed by atoms with Crippen LogP contribution >= 0.6 is 0 Å². The van der Waals surface area contributed by atoms with Gasteiger partial charge in [0.15, 0.2) is 0 Å². The van der Waals surface area contributed by atoms with E-state index in [9.17, 15) is 4.79 Å². The Morgan fingerprint density at radius 3 is 2.71 bits per heavy atom. The second kappa shape index (κ2) is 9.48. The van der Waals surface area contributed by atoms with Crippen molar-refractivity contribution in [3.63, 3.8) is 0 Å². The van der Waals surface area contributed by atoms with Crippen LogP contribution in [0.5, 0.6) is 0 Å². The number of carbonyl (C=O) groups is 1. The zero-order chi connectivity index (χ0) is 19.9. The highest BCUT2D eigenvalue weighted by atomic mass is 16.5. The summed E-state index contributed by atoms with van der Waals surface area (Å²) in [5.41, 5.74) is 9.89. The van der Waals surface area contributed by atoms with Crippen LogP contribution in [0.3, 0.4) is 0 Å². The molecular weight excluding hydrogens is 352 g/mol. The lowest BCUT2D eigenvalue weighted by Gasteiger charge is -2.23. The van der Waals surface area contributed by atoms with E-state index in [0.29, 0.717) is 23.6 Å². The smallest absolute Gasteiger partial charge is 0.337 e. The second-order valence-corrected chi connectivity index (χ2v) is 7.18. The van der Waals surface area contributed by atoms with Crippen molar-refractivity contribution in [1.29, 1.82) is 5.41 Å². The molecule has 2 aromatic rings. The summed E-state index contributed by atoms with van der Waals surface area (Å²) in [6.45, 7) is 3.77. The molecule has 0 aromatic heterocycles. The molecule has 0 amide bonds. The van der Waals surface area contributed by atoms with Gasteiger partial charge in [-0.15, -0.1) is 0 Å². The first-order valence-electron chi connectivity index (χ1n) is 9.66. The number of piperidine rings is 1. The summed E-state index contributed by atoms with van der Waals surface area (Å²) in [5.74, 6) is 0.372. The van der Waals surface area contributed by atoms with E-state index in [1.807, 2.05) is 36.4 Å². The first-order chi connectivity index (χ1) is 13.6. The summed E-state index contributed by atoms with van der Waals surface area (Å²) in [4.78, 5) is 12.0. The predicted molar refractivity (Wildman–Crippen MR) is 112 cm³/mol. The van der Waals surface area contributed by atoms with E-state index in [1.54, 1.807) is 6.07 Å². The Kier molecular flexibility index (Phi) is 6.79. The molecule has 148 valence electrons. The second-order valence-electron chi connectivity index (χ2n) is 7.18. The molecule has 5 N–H and O–H groups in total. The molecule has 0 bridgehead atoms. The SMILES string of the molecule is COC(=O)c1ccc(-c2cccc(C(=N)N)c2)c(CNCC2CCNCC2)c1. The first-order valence-corrected chi connectivity index (χ1v) is 9.66. The predicted octanol–water partition coefficient (Wildman–Crippen LogP) is 2.51. The number of amidine groups is 1. The maximum absolute atomic E-state index is 12.0. The average Bonchev–Trinajstić information content (AvgIpc) is 2.74. The monoisotopic (exact) mass is 380 g/mol. The fraction of sp³-hybridized carbons (Fsp3) is 0.364. The summed E-state index contributed by atoms with van der Waals surface area (Å²) < 4.78 is 4.88. The molecule has 0 atom stereocenters.